The third-order valence-electron chi connectivity index (χ3n) is 6.58. The highest BCUT2D eigenvalue weighted by molar-refractivity contribution is 14.0. The van der Waals surface area contributed by atoms with Crippen molar-refractivity contribution in [3.63, 3.8) is 0 Å². The lowest BCUT2D eigenvalue weighted by molar-refractivity contribution is 0.242. The average molecular weight is 537 g/mol. The van der Waals surface area contributed by atoms with Crippen molar-refractivity contribution in [2.75, 3.05) is 19.6 Å². The van der Waals surface area contributed by atoms with Crippen LogP contribution in [0, 0.1) is 13.8 Å². The van der Waals surface area contributed by atoms with Crippen LogP contribution in [0.4, 0.5) is 0 Å². The van der Waals surface area contributed by atoms with Crippen LogP contribution in [-0.4, -0.2) is 52.4 Å². The van der Waals surface area contributed by atoms with Crippen molar-refractivity contribution in [1.29, 1.82) is 0 Å². The lowest BCUT2D eigenvalue weighted by atomic mass is 10.2. The van der Waals surface area contributed by atoms with E-state index in [1.54, 1.807) is 0 Å². The van der Waals surface area contributed by atoms with Crippen LogP contribution < -0.4 is 10.6 Å². The maximum atomic E-state index is 4.92. The number of aryl methyl sites for hydroxylation is 1. The van der Waals surface area contributed by atoms with Gasteiger partial charge in [-0.05, 0) is 52.2 Å². The number of halogens is 1. The molecule has 0 spiro atoms. The number of para-hydroxylation sites is 1. The number of benzene rings is 1. The number of nitrogens with zero attached hydrogens (tertiary/aromatic N) is 4. The van der Waals surface area contributed by atoms with Gasteiger partial charge < -0.3 is 10.6 Å². The van der Waals surface area contributed by atoms with E-state index < -0.39 is 0 Å². The van der Waals surface area contributed by atoms with Gasteiger partial charge >= 0.3 is 0 Å². The van der Waals surface area contributed by atoms with Crippen molar-refractivity contribution < 1.29 is 0 Å². The number of likely N-dealkylation sites (tertiary alicyclic amines) is 1. The number of rotatable bonds is 6. The SMILES string of the molecule is CCNC(=NCc1c(C)nn(-c2ccccc2)c1C)NC1CCN(C2CCCC2)C1.I. The summed E-state index contributed by atoms with van der Waals surface area (Å²) in [7, 11) is 0. The molecule has 1 saturated carbocycles. The van der Waals surface area contributed by atoms with Crippen molar-refractivity contribution in [3.05, 3.63) is 47.3 Å². The van der Waals surface area contributed by atoms with Gasteiger partial charge in [-0.15, -0.1) is 24.0 Å². The number of hydrogen-bond acceptors (Lipinski definition) is 3. The predicted molar refractivity (Wildman–Crippen MR) is 139 cm³/mol. The first kappa shape index (κ1) is 24.0. The molecule has 4 rings (SSSR count). The van der Waals surface area contributed by atoms with Crippen LogP contribution in [0.15, 0.2) is 35.3 Å². The summed E-state index contributed by atoms with van der Waals surface area (Å²) in [5.74, 6) is 0.919. The fourth-order valence-electron chi connectivity index (χ4n) is 4.90. The van der Waals surface area contributed by atoms with Gasteiger partial charge in [-0.3, -0.25) is 4.90 Å². The molecule has 2 aliphatic rings. The Kier molecular flexibility index (Phi) is 8.77. The maximum absolute atomic E-state index is 4.92. The van der Waals surface area contributed by atoms with Gasteiger partial charge in [0, 0.05) is 43.0 Å². The van der Waals surface area contributed by atoms with Crippen molar-refractivity contribution >= 4 is 29.9 Å². The lowest BCUT2D eigenvalue weighted by Crippen LogP contribution is -2.45. The van der Waals surface area contributed by atoms with Gasteiger partial charge in [0.2, 0.25) is 0 Å². The number of guanidine groups is 1. The van der Waals surface area contributed by atoms with Crippen LogP contribution >= 0.6 is 24.0 Å². The standard InChI is InChI=1S/C24H36N6.HI/c1-4-25-24(27-20-14-15-29(17-20)21-10-8-9-11-21)26-16-23-18(2)28-30(19(23)3)22-12-6-5-7-13-22;/h5-7,12-13,20-21H,4,8-11,14-17H2,1-3H3,(H2,25,26,27);1H. The number of aromatic nitrogens is 2. The van der Waals surface area contributed by atoms with E-state index >= 15 is 0 Å². The van der Waals surface area contributed by atoms with E-state index in [0.29, 0.717) is 12.6 Å². The van der Waals surface area contributed by atoms with Gasteiger partial charge in [0.05, 0.1) is 17.9 Å². The molecule has 170 valence electrons. The summed E-state index contributed by atoms with van der Waals surface area (Å²) >= 11 is 0. The van der Waals surface area contributed by atoms with E-state index in [2.05, 4.69) is 48.4 Å². The molecule has 1 aliphatic heterocycles. The zero-order valence-electron chi connectivity index (χ0n) is 19.1. The maximum Gasteiger partial charge on any atom is 0.191 e. The number of hydrogen-bond donors (Lipinski definition) is 2. The van der Waals surface area contributed by atoms with Gasteiger partial charge in [-0.25, -0.2) is 9.67 Å². The summed E-state index contributed by atoms with van der Waals surface area (Å²) in [4.78, 5) is 7.61. The minimum absolute atomic E-state index is 0. The molecule has 0 radical (unpaired) electrons. The second-order valence-corrected chi connectivity index (χ2v) is 8.66. The molecule has 1 unspecified atom stereocenters. The van der Waals surface area contributed by atoms with Crippen molar-refractivity contribution in [3.8, 4) is 5.69 Å². The third kappa shape index (κ3) is 5.80. The first-order valence-corrected chi connectivity index (χ1v) is 11.5. The van der Waals surface area contributed by atoms with E-state index in [0.717, 1.165) is 42.2 Å². The van der Waals surface area contributed by atoms with E-state index in [-0.39, 0.29) is 24.0 Å². The molecule has 1 aliphatic carbocycles. The Hall–Kier alpha value is -1.61. The van der Waals surface area contributed by atoms with Crippen LogP contribution in [0.3, 0.4) is 0 Å². The molecule has 6 nitrogen and oxygen atoms in total. The molecule has 1 atom stereocenters. The smallest absolute Gasteiger partial charge is 0.191 e. The zero-order valence-corrected chi connectivity index (χ0v) is 21.4. The second-order valence-electron chi connectivity index (χ2n) is 8.66. The quantitative estimate of drug-likeness (QED) is 0.331. The Bertz CT molecular complexity index is 856. The second kappa shape index (κ2) is 11.3. The summed E-state index contributed by atoms with van der Waals surface area (Å²) in [6.07, 6.45) is 6.76. The largest absolute Gasteiger partial charge is 0.357 e. The number of aliphatic imine (C=N–C) groups is 1. The lowest BCUT2D eigenvalue weighted by Gasteiger charge is -2.24. The van der Waals surface area contributed by atoms with E-state index in [1.807, 2.05) is 22.9 Å². The minimum atomic E-state index is 0. The Balaban J connectivity index is 0.00000272. The van der Waals surface area contributed by atoms with E-state index in [9.17, 15) is 0 Å². The Morgan fingerprint density at radius 3 is 2.58 bits per heavy atom. The number of nitrogens with one attached hydrogen (secondary N) is 2. The van der Waals surface area contributed by atoms with Crippen molar-refractivity contribution in [1.82, 2.24) is 25.3 Å². The normalized spacial score (nSPS) is 20.1. The Labute approximate surface area is 203 Å². The molecule has 1 aromatic carbocycles. The molecular formula is C24H37IN6. The molecule has 7 heteroatoms. The average Bonchev–Trinajstić information content (AvgIpc) is 3.49. The molecule has 0 bridgehead atoms. The molecule has 2 aromatic rings. The molecule has 0 amide bonds. The van der Waals surface area contributed by atoms with Crippen LogP contribution in [0.2, 0.25) is 0 Å². The third-order valence-corrected chi connectivity index (χ3v) is 6.58. The summed E-state index contributed by atoms with van der Waals surface area (Å²) in [6, 6.07) is 11.6. The highest BCUT2D eigenvalue weighted by atomic mass is 127. The minimum Gasteiger partial charge on any atom is -0.357 e. The van der Waals surface area contributed by atoms with Gasteiger partial charge in [0.1, 0.15) is 0 Å². The van der Waals surface area contributed by atoms with E-state index in [1.165, 1.54) is 44.2 Å². The molecule has 1 saturated heterocycles. The van der Waals surface area contributed by atoms with Crippen LogP contribution in [-0.2, 0) is 6.54 Å². The molecule has 2 N–H and O–H groups in total. The van der Waals surface area contributed by atoms with Gasteiger partial charge in [0.25, 0.3) is 0 Å². The highest BCUT2D eigenvalue weighted by Crippen LogP contribution is 2.26. The molecular weight excluding hydrogens is 499 g/mol. The molecule has 31 heavy (non-hydrogen) atoms. The molecule has 2 fully saturated rings. The van der Waals surface area contributed by atoms with Gasteiger partial charge in [0.15, 0.2) is 5.96 Å². The van der Waals surface area contributed by atoms with E-state index in [4.69, 9.17) is 10.1 Å². The van der Waals surface area contributed by atoms with Crippen molar-refractivity contribution in [2.45, 2.75) is 71.5 Å². The fourth-order valence-corrected chi connectivity index (χ4v) is 4.90. The Morgan fingerprint density at radius 2 is 1.87 bits per heavy atom. The Morgan fingerprint density at radius 1 is 1.13 bits per heavy atom. The summed E-state index contributed by atoms with van der Waals surface area (Å²) in [6.45, 7) is 10.2. The summed E-state index contributed by atoms with van der Waals surface area (Å²) in [5.41, 5.74) is 4.50. The summed E-state index contributed by atoms with van der Waals surface area (Å²) < 4.78 is 2.02. The first-order valence-electron chi connectivity index (χ1n) is 11.5. The van der Waals surface area contributed by atoms with Crippen LogP contribution in [0.25, 0.3) is 5.69 Å². The summed E-state index contributed by atoms with van der Waals surface area (Å²) in [5, 5.41) is 11.9. The molecule has 2 heterocycles. The van der Waals surface area contributed by atoms with Gasteiger partial charge in [-0.1, -0.05) is 31.0 Å². The van der Waals surface area contributed by atoms with Crippen molar-refractivity contribution in [2.24, 2.45) is 4.99 Å². The first-order chi connectivity index (χ1) is 14.7. The molecule has 1 aromatic heterocycles. The predicted octanol–water partition coefficient (Wildman–Crippen LogP) is 4.18. The van der Waals surface area contributed by atoms with Crippen LogP contribution in [0.1, 0.15) is 56.0 Å². The fraction of sp³-hybridized carbons (Fsp3) is 0.583. The monoisotopic (exact) mass is 536 g/mol. The highest BCUT2D eigenvalue weighted by Gasteiger charge is 2.30. The zero-order chi connectivity index (χ0) is 20.9. The topological polar surface area (TPSA) is 57.5 Å². The van der Waals surface area contributed by atoms with Gasteiger partial charge in [-0.2, -0.15) is 5.10 Å². The van der Waals surface area contributed by atoms with Crippen LogP contribution in [0.5, 0.6) is 0 Å².